The van der Waals surface area contributed by atoms with Gasteiger partial charge in [0.25, 0.3) is 0 Å². The molecule has 0 spiro atoms. The molecular formula is C22H25IN4O3. The number of nitrogens with one attached hydrogen (secondary N) is 2. The van der Waals surface area contributed by atoms with Crippen LogP contribution < -0.4 is 10.6 Å². The Labute approximate surface area is 193 Å². The summed E-state index contributed by atoms with van der Waals surface area (Å²) in [6.45, 7) is 3.09. The Bertz CT molecular complexity index is 982. The number of hydrogen-bond acceptors (Lipinski definition) is 5. The third kappa shape index (κ3) is 6.31. The number of guanidine groups is 1. The number of oxazole rings is 1. The molecular weight excluding hydrogens is 495 g/mol. The first kappa shape index (κ1) is 23.4. The molecule has 0 saturated heterocycles. The van der Waals surface area contributed by atoms with E-state index in [4.69, 9.17) is 9.15 Å². The highest BCUT2D eigenvalue weighted by Crippen LogP contribution is 2.19. The Morgan fingerprint density at radius 1 is 1.07 bits per heavy atom. The van der Waals surface area contributed by atoms with Gasteiger partial charge in [0.15, 0.2) is 5.96 Å². The normalized spacial score (nSPS) is 10.8. The molecule has 0 aliphatic carbocycles. The first-order valence-corrected chi connectivity index (χ1v) is 9.22. The maximum atomic E-state index is 11.5. The van der Waals surface area contributed by atoms with E-state index in [1.807, 2.05) is 43.3 Å². The van der Waals surface area contributed by atoms with Crippen LogP contribution in [0.4, 0.5) is 0 Å². The average Bonchev–Trinajstić information content (AvgIpc) is 3.23. The van der Waals surface area contributed by atoms with Gasteiger partial charge in [0.1, 0.15) is 6.26 Å². The van der Waals surface area contributed by atoms with Crippen LogP contribution in [0.5, 0.6) is 0 Å². The van der Waals surface area contributed by atoms with Gasteiger partial charge < -0.3 is 19.8 Å². The minimum Gasteiger partial charge on any atom is -0.465 e. The average molecular weight is 520 g/mol. The van der Waals surface area contributed by atoms with Crippen LogP contribution >= 0.6 is 24.0 Å². The van der Waals surface area contributed by atoms with Crippen molar-refractivity contribution < 1.29 is 13.9 Å². The molecule has 158 valence electrons. The number of carbonyl (C=O) groups is 1. The second kappa shape index (κ2) is 11.3. The van der Waals surface area contributed by atoms with Crippen molar-refractivity contribution in [2.75, 3.05) is 14.2 Å². The fraction of sp³-hybridized carbons (Fsp3) is 0.227. The van der Waals surface area contributed by atoms with Gasteiger partial charge in [0.2, 0.25) is 5.89 Å². The molecule has 1 aromatic heterocycles. The zero-order chi connectivity index (χ0) is 20.6. The van der Waals surface area contributed by atoms with Crippen molar-refractivity contribution in [2.45, 2.75) is 20.0 Å². The highest BCUT2D eigenvalue weighted by molar-refractivity contribution is 14.0. The summed E-state index contributed by atoms with van der Waals surface area (Å²) in [6.07, 6.45) is 1.64. The molecule has 3 aromatic rings. The zero-order valence-corrected chi connectivity index (χ0v) is 19.5. The van der Waals surface area contributed by atoms with Gasteiger partial charge in [-0.2, -0.15) is 0 Å². The summed E-state index contributed by atoms with van der Waals surface area (Å²) >= 11 is 0. The SMILES string of the molecule is CN=C(NCc1ccc(C(=O)OC)cc1)NCc1coc(-c2ccc(C)cc2)n1.I. The molecule has 0 saturated carbocycles. The van der Waals surface area contributed by atoms with Crippen molar-refractivity contribution in [2.24, 2.45) is 4.99 Å². The number of carbonyl (C=O) groups excluding carboxylic acids is 1. The lowest BCUT2D eigenvalue weighted by Crippen LogP contribution is -2.36. The second-order valence-electron chi connectivity index (χ2n) is 6.48. The van der Waals surface area contributed by atoms with Gasteiger partial charge in [-0.1, -0.05) is 29.8 Å². The maximum Gasteiger partial charge on any atom is 0.337 e. The largest absolute Gasteiger partial charge is 0.465 e. The van der Waals surface area contributed by atoms with Gasteiger partial charge in [-0.05, 0) is 36.8 Å². The first-order chi connectivity index (χ1) is 14.1. The lowest BCUT2D eigenvalue weighted by atomic mass is 10.1. The van der Waals surface area contributed by atoms with Crippen LogP contribution in [0, 0.1) is 6.92 Å². The number of methoxy groups -OCH3 is 1. The topological polar surface area (TPSA) is 88.8 Å². The summed E-state index contributed by atoms with van der Waals surface area (Å²) in [5.74, 6) is 0.886. The molecule has 3 rings (SSSR count). The Balaban J connectivity index is 0.00000320. The molecule has 2 aromatic carbocycles. The van der Waals surface area contributed by atoms with Gasteiger partial charge in [-0.15, -0.1) is 24.0 Å². The van der Waals surface area contributed by atoms with E-state index in [1.54, 1.807) is 25.4 Å². The molecule has 1 heterocycles. The van der Waals surface area contributed by atoms with E-state index in [9.17, 15) is 4.79 Å². The highest BCUT2D eigenvalue weighted by atomic mass is 127. The monoisotopic (exact) mass is 520 g/mol. The highest BCUT2D eigenvalue weighted by Gasteiger charge is 2.08. The van der Waals surface area contributed by atoms with Gasteiger partial charge in [-0.25, -0.2) is 9.78 Å². The van der Waals surface area contributed by atoms with Crippen LogP contribution in [0.2, 0.25) is 0 Å². The summed E-state index contributed by atoms with van der Waals surface area (Å²) in [7, 11) is 3.07. The standard InChI is InChI=1S/C22H24N4O3.HI/c1-15-4-8-17(9-5-15)20-26-19(14-29-20)13-25-22(23-2)24-12-16-6-10-18(11-7-16)21(27)28-3;/h4-11,14H,12-13H2,1-3H3,(H2,23,24,25);1H. The molecule has 0 aliphatic heterocycles. The number of aryl methyl sites for hydroxylation is 1. The predicted molar refractivity (Wildman–Crippen MR) is 127 cm³/mol. The Hall–Kier alpha value is -2.88. The fourth-order valence-corrected chi connectivity index (χ4v) is 2.67. The number of rotatable bonds is 6. The Morgan fingerprint density at radius 3 is 2.37 bits per heavy atom. The molecule has 0 radical (unpaired) electrons. The Morgan fingerprint density at radius 2 is 1.73 bits per heavy atom. The van der Waals surface area contributed by atoms with Crippen LogP contribution in [0.3, 0.4) is 0 Å². The smallest absolute Gasteiger partial charge is 0.337 e. The van der Waals surface area contributed by atoms with E-state index < -0.39 is 0 Å². The maximum absolute atomic E-state index is 11.5. The minimum absolute atomic E-state index is 0. The fourth-order valence-electron chi connectivity index (χ4n) is 2.67. The molecule has 0 atom stereocenters. The van der Waals surface area contributed by atoms with E-state index in [-0.39, 0.29) is 29.9 Å². The van der Waals surface area contributed by atoms with Crippen molar-refractivity contribution in [1.82, 2.24) is 15.6 Å². The molecule has 0 aliphatic rings. The van der Waals surface area contributed by atoms with Crippen LogP contribution in [-0.2, 0) is 17.8 Å². The lowest BCUT2D eigenvalue weighted by molar-refractivity contribution is 0.0600. The number of esters is 1. The van der Waals surface area contributed by atoms with Crippen LogP contribution in [0.25, 0.3) is 11.5 Å². The van der Waals surface area contributed by atoms with Crippen LogP contribution in [-0.4, -0.2) is 31.1 Å². The Kier molecular flexibility index (Phi) is 8.85. The molecule has 2 N–H and O–H groups in total. The van der Waals surface area contributed by atoms with E-state index in [0.29, 0.717) is 30.5 Å². The summed E-state index contributed by atoms with van der Waals surface area (Å²) in [5, 5.41) is 6.44. The number of ether oxygens (including phenoxy) is 1. The predicted octanol–water partition coefficient (Wildman–Crippen LogP) is 3.92. The van der Waals surface area contributed by atoms with E-state index in [0.717, 1.165) is 16.8 Å². The number of hydrogen-bond donors (Lipinski definition) is 2. The van der Waals surface area contributed by atoms with Crippen LogP contribution in [0.1, 0.15) is 27.2 Å². The quantitative estimate of drug-likeness (QED) is 0.222. The van der Waals surface area contributed by atoms with Gasteiger partial charge in [0, 0.05) is 19.2 Å². The van der Waals surface area contributed by atoms with Crippen molar-refractivity contribution in [3.63, 3.8) is 0 Å². The molecule has 7 nitrogen and oxygen atoms in total. The zero-order valence-electron chi connectivity index (χ0n) is 17.1. The number of benzene rings is 2. The van der Waals surface area contributed by atoms with Gasteiger partial charge >= 0.3 is 5.97 Å². The van der Waals surface area contributed by atoms with Crippen molar-refractivity contribution in [3.05, 3.63) is 77.2 Å². The molecule has 0 amide bonds. The third-order valence-corrected chi connectivity index (χ3v) is 4.35. The summed E-state index contributed by atoms with van der Waals surface area (Å²) in [4.78, 5) is 20.2. The van der Waals surface area contributed by atoms with E-state index >= 15 is 0 Å². The summed E-state index contributed by atoms with van der Waals surface area (Å²) in [6, 6.07) is 15.3. The van der Waals surface area contributed by atoms with Crippen LogP contribution in [0.15, 0.2) is 64.2 Å². The van der Waals surface area contributed by atoms with Gasteiger partial charge in [-0.3, -0.25) is 4.99 Å². The third-order valence-electron chi connectivity index (χ3n) is 4.35. The van der Waals surface area contributed by atoms with Gasteiger partial charge in [0.05, 0.1) is 24.9 Å². The first-order valence-electron chi connectivity index (χ1n) is 9.22. The molecule has 8 heteroatoms. The number of halogens is 1. The molecule has 0 bridgehead atoms. The molecule has 0 unspecified atom stereocenters. The number of nitrogens with zero attached hydrogens (tertiary/aromatic N) is 2. The summed E-state index contributed by atoms with van der Waals surface area (Å²) in [5.41, 5.74) is 4.46. The van der Waals surface area contributed by atoms with Crippen molar-refractivity contribution in [1.29, 1.82) is 0 Å². The van der Waals surface area contributed by atoms with E-state index in [2.05, 4.69) is 20.6 Å². The lowest BCUT2D eigenvalue weighted by Gasteiger charge is -2.11. The second-order valence-corrected chi connectivity index (χ2v) is 6.48. The van der Waals surface area contributed by atoms with Crippen molar-refractivity contribution in [3.8, 4) is 11.5 Å². The number of aromatic nitrogens is 1. The number of aliphatic imine (C=N–C) groups is 1. The minimum atomic E-state index is -0.348. The van der Waals surface area contributed by atoms with Crippen molar-refractivity contribution >= 4 is 35.9 Å². The van der Waals surface area contributed by atoms with E-state index in [1.165, 1.54) is 12.7 Å². The molecule has 0 fully saturated rings. The summed E-state index contributed by atoms with van der Waals surface area (Å²) < 4.78 is 10.3. The molecule has 30 heavy (non-hydrogen) atoms.